The van der Waals surface area contributed by atoms with Crippen LogP contribution in [0.2, 0.25) is 0 Å². The molecule has 0 radical (unpaired) electrons. The fourth-order valence-electron chi connectivity index (χ4n) is 10.8. The third kappa shape index (κ3) is 8.11. The van der Waals surface area contributed by atoms with Crippen LogP contribution in [0.15, 0.2) is 303 Å². The molecular weight excluding hydrogens is 897 g/mol. The van der Waals surface area contributed by atoms with Crippen molar-refractivity contribution in [3.63, 3.8) is 0 Å². The lowest BCUT2D eigenvalue weighted by Gasteiger charge is -2.32. The van der Waals surface area contributed by atoms with Gasteiger partial charge < -0.3 is 19.3 Å². The van der Waals surface area contributed by atoms with Gasteiger partial charge in [-0.05, 0) is 137 Å². The number of fused-ring (bicyclic) bond motifs is 4. The molecule has 74 heavy (non-hydrogen) atoms. The van der Waals surface area contributed by atoms with Gasteiger partial charge in [-0.3, -0.25) is 0 Å². The van der Waals surface area contributed by atoms with E-state index >= 15 is 0 Å². The maximum absolute atomic E-state index is 2.44. The van der Waals surface area contributed by atoms with Crippen LogP contribution < -0.4 is 14.7 Å². The second-order valence-electron chi connectivity index (χ2n) is 18.5. The summed E-state index contributed by atoms with van der Waals surface area (Å²) in [4.78, 5) is 7.24. The number of hydrogen-bond acceptors (Lipinski definition) is 3. The van der Waals surface area contributed by atoms with Gasteiger partial charge in [0.1, 0.15) is 0 Å². The topological polar surface area (TPSA) is 14.7 Å². The van der Waals surface area contributed by atoms with Gasteiger partial charge in [-0.25, -0.2) is 0 Å². The highest BCUT2D eigenvalue weighted by Crippen LogP contribution is 2.49. The van der Waals surface area contributed by atoms with Gasteiger partial charge in [-0.15, -0.1) is 0 Å². The molecule has 350 valence electrons. The second-order valence-corrected chi connectivity index (χ2v) is 18.5. The zero-order chi connectivity index (χ0) is 49.2. The summed E-state index contributed by atoms with van der Waals surface area (Å²) in [6, 6.07) is 109. The average Bonchev–Trinajstić information content (AvgIpc) is 3.83. The summed E-state index contributed by atoms with van der Waals surface area (Å²) in [7, 11) is 0. The predicted molar refractivity (Wildman–Crippen MR) is 313 cm³/mol. The van der Waals surface area contributed by atoms with E-state index in [9.17, 15) is 0 Å². The van der Waals surface area contributed by atoms with Crippen LogP contribution >= 0.6 is 0 Å². The zero-order valence-corrected chi connectivity index (χ0v) is 40.7. The molecule has 0 unspecified atom stereocenters. The molecule has 0 bridgehead atoms. The predicted octanol–water partition coefficient (Wildman–Crippen LogP) is 19.7. The third-order valence-corrected chi connectivity index (χ3v) is 14.1. The minimum atomic E-state index is 1.02. The Bertz CT molecular complexity index is 4020. The van der Waals surface area contributed by atoms with Crippen molar-refractivity contribution < 1.29 is 0 Å². The lowest BCUT2D eigenvalue weighted by molar-refractivity contribution is 1.18. The maximum atomic E-state index is 2.44. The summed E-state index contributed by atoms with van der Waals surface area (Å²) in [5.74, 6) is 0. The summed E-state index contributed by atoms with van der Waals surface area (Å²) in [5, 5.41) is 4.75. The highest BCUT2D eigenvalue weighted by Gasteiger charge is 2.25. The lowest BCUT2D eigenvalue weighted by Crippen LogP contribution is -2.14. The molecule has 0 aliphatic carbocycles. The molecule has 13 rings (SSSR count). The Hall–Kier alpha value is -9.90. The molecule has 4 heteroatoms. The molecule has 0 atom stereocenters. The van der Waals surface area contributed by atoms with Crippen molar-refractivity contribution in [3.05, 3.63) is 303 Å². The number of rotatable bonds is 12. The molecular formula is C70H50N4. The SMILES string of the molecule is c1ccc(-c2ccc(N(c3ccccc3)c3cc(-c4ccccc4N(c4ccccc4)c4ccc5c(c4)c4ccccc4n5-c4ccccc4)cc(N(c4ccccc4)c4ccccc4)c3)c3ccccc23)cc1. The first-order chi connectivity index (χ1) is 36.7. The quantitative estimate of drug-likeness (QED) is 0.121. The first-order valence-corrected chi connectivity index (χ1v) is 25.3. The lowest BCUT2D eigenvalue weighted by atomic mass is 9.95. The van der Waals surface area contributed by atoms with Crippen molar-refractivity contribution in [2.24, 2.45) is 0 Å². The number of anilines is 9. The molecule has 1 heterocycles. The van der Waals surface area contributed by atoms with Crippen LogP contribution in [0.25, 0.3) is 60.5 Å². The molecule has 4 nitrogen and oxygen atoms in total. The fraction of sp³-hybridized carbons (Fsp3) is 0. The van der Waals surface area contributed by atoms with E-state index in [1.807, 2.05) is 0 Å². The van der Waals surface area contributed by atoms with Gasteiger partial charge >= 0.3 is 0 Å². The standard InChI is InChI=1S/C70H50N4/c1-7-25-51(26-8-1)61-44-46-69(64-39-20-19-38-63(61)64)73(56-33-15-5-16-34-56)60-48-52(47-59(49-60)71(53-27-9-2-10-28-53)54-29-11-3-12-30-54)62-37-21-23-41-67(62)72(55-31-13-4-14-32-55)58-43-45-70-66(50-58)65-40-22-24-42-68(65)74(70)57-35-17-6-18-36-57/h1-50H. The summed E-state index contributed by atoms with van der Waals surface area (Å²) in [5.41, 5.74) is 17.5. The summed E-state index contributed by atoms with van der Waals surface area (Å²) in [6.45, 7) is 0. The van der Waals surface area contributed by atoms with Gasteiger partial charge in [0, 0.05) is 67.2 Å². The Morgan fingerprint density at radius 1 is 0.216 bits per heavy atom. The van der Waals surface area contributed by atoms with E-state index in [1.165, 1.54) is 32.8 Å². The van der Waals surface area contributed by atoms with Crippen LogP contribution in [0.3, 0.4) is 0 Å². The maximum Gasteiger partial charge on any atom is 0.0542 e. The molecule has 0 N–H and O–H groups in total. The molecule has 13 aromatic rings. The van der Waals surface area contributed by atoms with Crippen molar-refractivity contribution >= 4 is 83.8 Å². The Balaban J connectivity index is 1.07. The average molecular weight is 947 g/mol. The van der Waals surface area contributed by atoms with Gasteiger partial charge in [-0.1, -0.05) is 188 Å². The van der Waals surface area contributed by atoms with Crippen LogP contribution in [-0.4, -0.2) is 4.57 Å². The smallest absolute Gasteiger partial charge is 0.0542 e. The number of aromatic nitrogens is 1. The van der Waals surface area contributed by atoms with Crippen LogP contribution in [-0.2, 0) is 0 Å². The molecule has 0 saturated heterocycles. The van der Waals surface area contributed by atoms with Gasteiger partial charge in [-0.2, -0.15) is 0 Å². The largest absolute Gasteiger partial charge is 0.310 e. The fourth-order valence-corrected chi connectivity index (χ4v) is 10.8. The zero-order valence-electron chi connectivity index (χ0n) is 40.7. The van der Waals surface area contributed by atoms with Crippen molar-refractivity contribution in [2.75, 3.05) is 14.7 Å². The van der Waals surface area contributed by atoms with Crippen LogP contribution in [0.4, 0.5) is 51.2 Å². The summed E-state index contributed by atoms with van der Waals surface area (Å²) in [6.07, 6.45) is 0. The van der Waals surface area contributed by atoms with E-state index in [2.05, 4.69) is 323 Å². The van der Waals surface area contributed by atoms with E-state index in [4.69, 9.17) is 0 Å². The van der Waals surface area contributed by atoms with Crippen molar-refractivity contribution in [2.45, 2.75) is 0 Å². The third-order valence-electron chi connectivity index (χ3n) is 14.1. The highest BCUT2D eigenvalue weighted by molar-refractivity contribution is 6.11. The van der Waals surface area contributed by atoms with E-state index in [0.717, 1.165) is 78.9 Å². The van der Waals surface area contributed by atoms with Crippen LogP contribution in [0.1, 0.15) is 0 Å². The Morgan fingerprint density at radius 3 is 1.30 bits per heavy atom. The van der Waals surface area contributed by atoms with Crippen molar-refractivity contribution in [1.29, 1.82) is 0 Å². The van der Waals surface area contributed by atoms with Gasteiger partial charge in [0.15, 0.2) is 0 Å². The molecule has 12 aromatic carbocycles. The van der Waals surface area contributed by atoms with Gasteiger partial charge in [0.25, 0.3) is 0 Å². The molecule has 0 aliphatic rings. The van der Waals surface area contributed by atoms with E-state index in [-0.39, 0.29) is 0 Å². The van der Waals surface area contributed by atoms with Gasteiger partial charge in [0.05, 0.1) is 22.4 Å². The minimum absolute atomic E-state index is 1.02. The molecule has 0 spiro atoms. The van der Waals surface area contributed by atoms with Crippen molar-refractivity contribution in [1.82, 2.24) is 4.57 Å². The first-order valence-electron chi connectivity index (χ1n) is 25.3. The molecule has 0 aliphatic heterocycles. The number of nitrogens with zero attached hydrogens (tertiary/aromatic N) is 4. The van der Waals surface area contributed by atoms with Crippen LogP contribution in [0, 0.1) is 0 Å². The van der Waals surface area contributed by atoms with Crippen molar-refractivity contribution in [3.8, 4) is 27.9 Å². The monoisotopic (exact) mass is 946 g/mol. The molecule has 0 amide bonds. The van der Waals surface area contributed by atoms with Crippen LogP contribution in [0.5, 0.6) is 0 Å². The molecule has 1 aromatic heterocycles. The number of para-hydroxylation sites is 7. The Labute approximate surface area is 432 Å². The highest BCUT2D eigenvalue weighted by atomic mass is 15.2. The Morgan fingerprint density at radius 2 is 0.676 bits per heavy atom. The first kappa shape index (κ1) is 44.1. The van der Waals surface area contributed by atoms with E-state index in [0.29, 0.717) is 0 Å². The van der Waals surface area contributed by atoms with E-state index < -0.39 is 0 Å². The minimum Gasteiger partial charge on any atom is -0.310 e. The molecule has 0 fully saturated rings. The van der Waals surface area contributed by atoms with Gasteiger partial charge in [0.2, 0.25) is 0 Å². The Kier molecular flexibility index (Phi) is 11.5. The molecule has 0 saturated carbocycles. The normalized spacial score (nSPS) is 11.2. The number of hydrogen-bond donors (Lipinski definition) is 0. The van der Waals surface area contributed by atoms with E-state index in [1.54, 1.807) is 0 Å². The second kappa shape index (κ2) is 19.4. The summed E-state index contributed by atoms with van der Waals surface area (Å²) >= 11 is 0. The number of benzene rings is 12. The summed E-state index contributed by atoms with van der Waals surface area (Å²) < 4.78 is 2.38.